The zero-order chi connectivity index (χ0) is 13.1. The monoisotopic (exact) mass is 255 g/mol. The number of amides is 1. The maximum Gasteiger partial charge on any atom is 0.289 e. The maximum atomic E-state index is 12.3. The minimum atomic E-state index is 0.0171. The summed E-state index contributed by atoms with van der Waals surface area (Å²) in [5.74, 6) is 0.461. The summed E-state index contributed by atoms with van der Waals surface area (Å²) < 4.78 is 5.22. The Morgan fingerprint density at radius 3 is 2.79 bits per heavy atom. The second-order valence-corrected chi connectivity index (χ2v) is 4.96. The molecule has 1 aliphatic rings. The lowest BCUT2D eigenvalue weighted by Gasteiger charge is -2.23. The molecule has 1 unspecified atom stereocenters. The van der Waals surface area contributed by atoms with E-state index in [4.69, 9.17) is 4.42 Å². The van der Waals surface area contributed by atoms with Crippen molar-refractivity contribution in [3.63, 3.8) is 0 Å². The highest BCUT2D eigenvalue weighted by Crippen LogP contribution is 2.23. The van der Waals surface area contributed by atoms with Gasteiger partial charge in [-0.05, 0) is 37.0 Å². The van der Waals surface area contributed by atoms with E-state index in [2.05, 4.69) is 12.1 Å². The van der Waals surface area contributed by atoms with E-state index in [0.29, 0.717) is 11.8 Å². The first kappa shape index (κ1) is 12.0. The summed E-state index contributed by atoms with van der Waals surface area (Å²) in [4.78, 5) is 14.3. The molecule has 0 N–H and O–H groups in total. The number of hydrogen-bond donors (Lipinski definition) is 0. The van der Waals surface area contributed by atoms with Gasteiger partial charge in [0, 0.05) is 12.6 Å². The normalized spacial score (nSPS) is 18.7. The van der Waals surface area contributed by atoms with Crippen LogP contribution in [-0.2, 0) is 6.42 Å². The molecule has 1 aliphatic heterocycles. The van der Waals surface area contributed by atoms with E-state index in [-0.39, 0.29) is 5.91 Å². The lowest BCUT2D eigenvalue weighted by molar-refractivity contribution is 0.0704. The molecule has 3 nitrogen and oxygen atoms in total. The van der Waals surface area contributed by atoms with Gasteiger partial charge in [0.15, 0.2) is 5.76 Å². The summed E-state index contributed by atoms with van der Waals surface area (Å²) in [5.41, 5.74) is 1.28. The predicted molar refractivity (Wildman–Crippen MR) is 72.9 cm³/mol. The van der Waals surface area contributed by atoms with E-state index in [1.807, 2.05) is 23.1 Å². The van der Waals surface area contributed by atoms with Crippen LogP contribution >= 0.6 is 0 Å². The maximum absolute atomic E-state index is 12.3. The van der Waals surface area contributed by atoms with Crippen molar-refractivity contribution in [3.05, 3.63) is 60.1 Å². The molecule has 0 bridgehead atoms. The number of rotatable bonds is 3. The molecule has 1 amide bonds. The summed E-state index contributed by atoms with van der Waals surface area (Å²) in [6, 6.07) is 14.1. The largest absolute Gasteiger partial charge is 0.459 e. The van der Waals surface area contributed by atoms with Crippen molar-refractivity contribution in [3.8, 4) is 0 Å². The first-order chi connectivity index (χ1) is 9.34. The number of likely N-dealkylation sites (tertiary alicyclic amines) is 1. The predicted octanol–water partition coefficient (Wildman–Crippen LogP) is 3.13. The summed E-state index contributed by atoms with van der Waals surface area (Å²) in [5, 5.41) is 0. The fourth-order valence-electron chi connectivity index (χ4n) is 2.74. The molecule has 2 heterocycles. The average Bonchev–Trinajstić information content (AvgIpc) is 3.10. The van der Waals surface area contributed by atoms with E-state index in [9.17, 15) is 4.79 Å². The van der Waals surface area contributed by atoms with Gasteiger partial charge in [-0.3, -0.25) is 4.79 Å². The van der Waals surface area contributed by atoms with Gasteiger partial charge in [-0.25, -0.2) is 0 Å². The Hall–Kier alpha value is -2.03. The topological polar surface area (TPSA) is 33.5 Å². The molecule has 19 heavy (non-hydrogen) atoms. The van der Waals surface area contributed by atoms with Crippen LogP contribution in [0.15, 0.2) is 53.1 Å². The van der Waals surface area contributed by atoms with Crippen molar-refractivity contribution >= 4 is 5.91 Å². The number of hydrogen-bond acceptors (Lipinski definition) is 2. The lowest BCUT2D eigenvalue weighted by Crippen LogP contribution is -2.36. The number of furan rings is 1. The second kappa shape index (κ2) is 5.31. The third-order valence-electron chi connectivity index (χ3n) is 3.68. The molecular formula is C16H17NO2. The van der Waals surface area contributed by atoms with Crippen LogP contribution in [0.2, 0.25) is 0 Å². The first-order valence-corrected chi connectivity index (χ1v) is 6.73. The van der Waals surface area contributed by atoms with Gasteiger partial charge in [0.25, 0.3) is 5.91 Å². The van der Waals surface area contributed by atoms with Crippen LogP contribution in [0.3, 0.4) is 0 Å². The first-order valence-electron chi connectivity index (χ1n) is 6.73. The van der Waals surface area contributed by atoms with E-state index >= 15 is 0 Å². The molecule has 0 aliphatic carbocycles. The minimum absolute atomic E-state index is 0.0171. The van der Waals surface area contributed by atoms with Gasteiger partial charge in [0.1, 0.15) is 0 Å². The Labute approximate surface area is 112 Å². The highest BCUT2D eigenvalue weighted by molar-refractivity contribution is 5.91. The molecular weight excluding hydrogens is 238 g/mol. The second-order valence-electron chi connectivity index (χ2n) is 4.96. The standard InChI is InChI=1S/C16H17NO2/c18-16(15-9-5-11-19-15)17-10-4-8-14(17)12-13-6-2-1-3-7-13/h1-3,5-7,9,11,14H,4,8,10,12H2. The molecule has 98 valence electrons. The summed E-state index contributed by atoms with van der Waals surface area (Å²) in [6.45, 7) is 0.830. The van der Waals surface area contributed by atoms with Crippen LogP contribution in [-0.4, -0.2) is 23.4 Å². The third-order valence-corrected chi connectivity index (χ3v) is 3.68. The SMILES string of the molecule is O=C(c1ccco1)N1CCCC1Cc1ccccc1. The van der Waals surface area contributed by atoms with Gasteiger partial charge in [0.2, 0.25) is 0 Å². The van der Waals surface area contributed by atoms with Crippen LogP contribution < -0.4 is 0 Å². The van der Waals surface area contributed by atoms with E-state index < -0.39 is 0 Å². The van der Waals surface area contributed by atoms with Gasteiger partial charge < -0.3 is 9.32 Å². The van der Waals surface area contributed by atoms with Crippen molar-refractivity contribution in [2.75, 3.05) is 6.54 Å². The fourth-order valence-corrected chi connectivity index (χ4v) is 2.74. The Morgan fingerprint density at radius 1 is 1.21 bits per heavy atom. The molecule has 1 fully saturated rings. The molecule has 0 saturated carbocycles. The molecule has 1 aromatic carbocycles. The Morgan fingerprint density at radius 2 is 2.05 bits per heavy atom. The Bertz CT molecular complexity index is 533. The van der Waals surface area contributed by atoms with E-state index in [1.165, 1.54) is 5.56 Å². The van der Waals surface area contributed by atoms with Crippen molar-refractivity contribution in [2.45, 2.75) is 25.3 Å². The minimum Gasteiger partial charge on any atom is -0.459 e. The van der Waals surface area contributed by atoms with Crippen LogP contribution in [0.1, 0.15) is 29.0 Å². The number of carbonyl (C=O) groups excluding carboxylic acids is 1. The quantitative estimate of drug-likeness (QED) is 0.844. The highest BCUT2D eigenvalue weighted by atomic mass is 16.3. The average molecular weight is 255 g/mol. The molecule has 3 heteroatoms. The van der Waals surface area contributed by atoms with Crippen molar-refractivity contribution in [2.24, 2.45) is 0 Å². The third kappa shape index (κ3) is 2.55. The molecule has 3 rings (SSSR count). The molecule has 1 aromatic heterocycles. The van der Waals surface area contributed by atoms with Crippen LogP contribution in [0.5, 0.6) is 0 Å². The van der Waals surface area contributed by atoms with Crippen LogP contribution in [0.4, 0.5) is 0 Å². The number of benzene rings is 1. The summed E-state index contributed by atoms with van der Waals surface area (Å²) in [7, 11) is 0. The zero-order valence-electron chi connectivity index (χ0n) is 10.8. The van der Waals surface area contributed by atoms with Gasteiger partial charge >= 0.3 is 0 Å². The van der Waals surface area contributed by atoms with Crippen molar-refractivity contribution in [1.82, 2.24) is 4.90 Å². The van der Waals surface area contributed by atoms with Crippen molar-refractivity contribution < 1.29 is 9.21 Å². The van der Waals surface area contributed by atoms with E-state index in [0.717, 1.165) is 25.8 Å². The highest BCUT2D eigenvalue weighted by Gasteiger charge is 2.30. The smallest absolute Gasteiger partial charge is 0.289 e. The van der Waals surface area contributed by atoms with Gasteiger partial charge in [-0.1, -0.05) is 30.3 Å². The summed E-state index contributed by atoms with van der Waals surface area (Å²) >= 11 is 0. The Kier molecular flexibility index (Phi) is 3.36. The van der Waals surface area contributed by atoms with Crippen LogP contribution in [0, 0.1) is 0 Å². The number of carbonyl (C=O) groups is 1. The molecule has 0 spiro atoms. The van der Waals surface area contributed by atoms with Gasteiger partial charge in [0.05, 0.1) is 6.26 Å². The van der Waals surface area contributed by atoms with Gasteiger partial charge in [-0.2, -0.15) is 0 Å². The lowest BCUT2D eigenvalue weighted by atomic mass is 10.0. The molecule has 2 aromatic rings. The molecule has 1 saturated heterocycles. The van der Waals surface area contributed by atoms with Crippen molar-refractivity contribution in [1.29, 1.82) is 0 Å². The zero-order valence-corrected chi connectivity index (χ0v) is 10.8. The molecule has 0 radical (unpaired) electrons. The van der Waals surface area contributed by atoms with Crippen LogP contribution in [0.25, 0.3) is 0 Å². The fraction of sp³-hybridized carbons (Fsp3) is 0.312. The van der Waals surface area contributed by atoms with Gasteiger partial charge in [-0.15, -0.1) is 0 Å². The summed E-state index contributed by atoms with van der Waals surface area (Å²) in [6.07, 6.45) is 4.62. The molecule has 1 atom stereocenters. The van der Waals surface area contributed by atoms with E-state index in [1.54, 1.807) is 18.4 Å². The Balaban J connectivity index is 1.73. The number of nitrogens with zero attached hydrogens (tertiary/aromatic N) is 1.